The zero-order valence-electron chi connectivity index (χ0n) is 55.1. The Morgan fingerprint density at radius 2 is 0.659 bits per heavy atom. The van der Waals surface area contributed by atoms with Crippen LogP contribution >= 0.6 is 0 Å². The summed E-state index contributed by atoms with van der Waals surface area (Å²) in [6, 6.07) is 0. The van der Waals surface area contributed by atoms with Gasteiger partial charge in [0.1, 0.15) is 13.2 Å². The van der Waals surface area contributed by atoms with Gasteiger partial charge in [-0.15, -0.1) is 0 Å². The van der Waals surface area contributed by atoms with Gasteiger partial charge in [0.25, 0.3) is 0 Å². The molecule has 0 fully saturated rings. The minimum Gasteiger partial charge on any atom is -0.545 e. The van der Waals surface area contributed by atoms with Crippen molar-refractivity contribution in [3.05, 3.63) is 36.5 Å². The van der Waals surface area contributed by atoms with Crippen LogP contribution in [0.1, 0.15) is 354 Å². The molecular weight excluding hydrogens is 1020 g/mol. The number of unbranched alkanes of at least 4 members (excludes halogenated alkanes) is 46. The van der Waals surface area contributed by atoms with E-state index in [9.17, 15) is 19.5 Å². The van der Waals surface area contributed by atoms with Gasteiger partial charge in [0.05, 0.1) is 40.3 Å². The number of aliphatic carboxylic acids is 1. The van der Waals surface area contributed by atoms with E-state index in [1.54, 1.807) is 0 Å². The lowest BCUT2D eigenvalue weighted by atomic mass is 10.0. The molecule has 9 nitrogen and oxygen atoms in total. The number of carbonyl (C=O) groups is 3. The highest BCUT2D eigenvalue weighted by Gasteiger charge is 2.22. The summed E-state index contributed by atoms with van der Waals surface area (Å²) in [5, 5.41) is 11.8. The molecule has 0 aliphatic heterocycles. The Kier molecular flexibility index (Phi) is 62.5. The summed E-state index contributed by atoms with van der Waals surface area (Å²) in [6.07, 6.45) is 78.3. The molecule has 0 amide bonds. The number of carbonyl (C=O) groups excluding carboxylic acids is 3. The Bertz CT molecular complexity index is 1440. The highest BCUT2D eigenvalue weighted by Crippen LogP contribution is 2.19. The molecule has 0 saturated heterocycles. The van der Waals surface area contributed by atoms with Crippen LogP contribution in [0.3, 0.4) is 0 Å². The number of carboxylic acids is 1. The molecule has 0 radical (unpaired) electrons. The van der Waals surface area contributed by atoms with Gasteiger partial charge in [-0.05, 0) is 51.4 Å². The third-order valence-corrected chi connectivity index (χ3v) is 16.1. The first-order chi connectivity index (χ1) is 40.1. The summed E-state index contributed by atoms with van der Waals surface area (Å²) >= 11 is 0. The van der Waals surface area contributed by atoms with E-state index in [1.807, 2.05) is 21.1 Å². The standard InChI is InChI=1S/C73H137NO8/c1-6-8-10-12-14-16-18-20-22-24-26-27-28-29-30-31-32-33-34-35-36-37-38-39-40-41-42-43-44-46-47-49-51-53-55-57-59-61-63-70(75)80-67-69(68-81-73(72(77)78)79-66-65-74(3,4)5)82-71(76)64-62-60-58-56-54-52-50-48-45-25-23-21-19-17-15-13-11-9-7-2/h15,17,21,23,45,48,69,73H,6-14,16,18-20,22,24-44,46-47,49-68H2,1-5H3/b17-15-,23-21-,48-45-. The molecule has 0 rings (SSSR count). The van der Waals surface area contributed by atoms with Crippen molar-refractivity contribution in [2.75, 3.05) is 47.5 Å². The monoisotopic (exact) mass is 1160 g/mol. The second kappa shape index (κ2) is 64.5. The van der Waals surface area contributed by atoms with Crippen molar-refractivity contribution in [1.82, 2.24) is 0 Å². The third-order valence-electron chi connectivity index (χ3n) is 16.1. The fourth-order valence-electron chi connectivity index (χ4n) is 10.7. The number of hydrogen-bond acceptors (Lipinski definition) is 8. The molecular formula is C73H137NO8. The first-order valence-electron chi connectivity index (χ1n) is 35.6. The Morgan fingerprint density at radius 3 is 1.00 bits per heavy atom. The summed E-state index contributed by atoms with van der Waals surface area (Å²) in [4.78, 5) is 37.4. The van der Waals surface area contributed by atoms with Crippen LogP contribution in [-0.2, 0) is 33.3 Å². The molecule has 2 unspecified atom stereocenters. The molecule has 0 aromatic carbocycles. The van der Waals surface area contributed by atoms with Gasteiger partial charge in [-0.25, -0.2) is 0 Å². The van der Waals surface area contributed by atoms with Gasteiger partial charge >= 0.3 is 11.9 Å². The number of nitrogens with zero attached hydrogens (tertiary/aromatic N) is 1. The van der Waals surface area contributed by atoms with E-state index in [1.165, 1.54) is 250 Å². The van der Waals surface area contributed by atoms with Gasteiger partial charge in [-0.3, -0.25) is 9.59 Å². The van der Waals surface area contributed by atoms with E-state index >= 15 is 0 Å². The first kappa shape index (κ1) is 79.5. The molecule has 0 spiro atoms. The lowest BCUT2D eigenvalue weighted by molar-refractivity contribution is -0.870. The summed E-state index contributed by atoms with van der Waals surface area (Å²) in [5.74, 6) is -2.28. The molecule has 0 heterocycles. The van der Waals surface area contributed by atoms with Crippen LogP contribution in [0.5, 0.6) is 0 Å². The molecule has 0 aromatic rings. The van der Waals surface area contributed by atoms with Crippen LogP contribution in [0.15, 0.2) is 36.5 Å². The fourth-order valence-corrected chi connectivity index (χ4v) is 10.7. The predicted octanol–water partition coefficient (Wildman–Crippen LogP) is 20.6. The van der Waals surface area contributed by atoms with Gasteiger partial charge < -0.3 is 33.3 Å². The highest BCUT2D eigenvalue weighted by molar-refractivity contribution is 5.70. The molecule has 2 atom stereocenters. The molecule has 0 N–H and O–H groups in total. The van der Waals surface area contributed by atoms with Crippen LogP contribution in [0.25, 0.3) is 0 Å². The quantitative estimate of drug-likeness (QED) is 0.0195. The van der Waals surface area contributed by atoms with Crippen molar-refractivity contribution in [3.63, 3.8) is 0 Å². The zero-order valence-corrected chi connectivity index (χ0v) is 55.1. The molecule has 0 aromatic heterocycles. The maximum absolute atomic E-state index is 12.9. The number of hydrogen-bond donors (Lipinski definition) is 0. The SMILES string of the molecule is CCCCC/C=C\C/C=C\C/C=C\CCCCCCCCC(=O)OC(COC(=O)CCCCCCCCCCCCCCCCCCCCCCCCCCCCCCCCCCCCCCCC)COC(OCC[N+](C)(C)C)C(=O)[O-]. The van der Waals surface area contributed by atoms with Crippen LogP contribution in [0.2, 0.25) is 0 Å². The van der Waals surface area contributed by atoms with E-state index < -0.39 is 24.3 Å². The van der Waals surface area contributed by atoms with E-state index in [0.717, 1.165) is 70.6 Å². The predicted molar refractivity (Wildman–Crippen MR) is 348 cm³/mol. The minimum atomic E-state index is -1.62. The normalized spacial score (nSPS) is 12.8. The average Bonchev–Trinajstić information content (AvgIpc) is 3.45. The maximum atomic E-state index is 12.9. The highest BCUT2D eigenvalue weighted by atomic mass is 16.7. The summed E-state index contributed by atoms with van der Waals surface area (Å²) in [5.41, 5.74) is 0. The molecule has 0 saturated carbocycles. The van der Waals surface area contributed by atoms with E-state index in [2.05, 4.69) is 50.3 Å². The van der Waals surface area contributed by atoms with Gasteiger partial charge in [-0.1, -0.05) is 326 Å². The number of carboxylic acid groups (broad SMARTS) is 1. The first-order valence-corrected chi connectivity index (χ1v) is 35.6. The van der Waals surface area contributed by atoms with Crippen molar-refractivity contribution in [1.29, 1.82) is 0 Å². The average molecular weight is 1160 g/mol. The maximum Gasteiger partial charge on any atom is 0.306 e. The smallest absolute Gasteiger partial charge is 0.306 e. The topological polar surface area (TPSA) is 111 Å². The Hall–Kier alpha value is -2.49. The Labute approximate surface area is 509 Å². The Morgan fingerprint density at radius 1 is 0.366 bits per heavy atom. The molecule has 0 aliphatic carbocycles. The second-order valence-corrected chi connectivity index (χ2v) is 25.5. The van der Waals surface area contributed by atoms with E-state index in [0.29, 0.717) is 23.9 Å². The molecule has 9 heteroatoms. The van der Waals surface area contributed by atoms with Crippen LogP contribution < -0.4 is 5.11 Å². The number of rotatable bonds is 67. The van der Waals surface area contributed by atoms with Gasteiger partial charge in [0, 0.05) is 12.8 Å². The van der Waals surface area contributed by atoms with Crippen LogP contribution in [0, 0.1) is 0 Å². The number of allylic oxidation sites excluding steroid dienone is 6. The molecule has 482 valence electrons. The van der Waals surface area contributed by atoms with Crippen molar-refractivity contribution in [2.24, 2.45) is 0 Å². The minimum absolute atomic E-state index is 0.146. The van der Waals surface area contributed by atoms with Crippen molar-refractivity contribution < 1.29 is 42.9 Å². The fraction of sp³-hybridized carbons (Fsp3) is 0.877. The molecule has 0 aliphatic rings. The van der Waals surface area contributed by atoms with E-state index in [-0.39, 0.29) is 32.2 Å². The van der Waals surface area contributed by atoms with Crippen LogP contribution in [0.4, 0.5) is 0 Å². The second-order valence-electron chi connectivity index (χ2n) is 25.5. The lowest BCUT2D eigenvalue weighted by Gasteiger charge is -2.26. The molecule has 0 bridgehead atoms. The summed E-state index contributed by atoms with van der Waals surface area (Å²) in [6.45, 7) is 4.76. The largest absolute Gasteiger partial charge is 0.545 e. The number of likely N-dealkylation sites (N-methyl/N-ethyl adjacent to an activating group) is 1. The lowest BCUT2D eigenvalue weighted by Crippen LogP contribution is -2.44. The van der Waals surface area contributed by atoms with Gasteiger partial charge in [0.2, 0.25) is 0 Å². The van der Waals surface area contributed by atoms with Crippen LogP contribution in [-0.4, -0.2) is 82.3 Å². The van der Waals surface area contributed by atoms with Gasteiger partial charge in [0.15, 0.2) is 12.4 Å². The van der Waals surface area contributed by atoms with Crippen molar-refractivity contribution in [2.45, 2.75) is 367 Å². The van der Waals surface area contributed by atoms with E-state index in [4.69, 9.17) is 18.9 Å². The van der Waals surface area contributed by atoms with Crippen molar-refractivity contribution >= 4 is 17.9 Å². The van der Waals surface area contributed by atoms with Gasteiger partial charge in [-0.2, -0.15) is 0 Å². The number of ether oxygens (including phenoxy) is 4. The third kappa shape index (κ3) is 65.1. The number of quaternary nitrogens is 1. The summed E-state index contributed by atoms with van der Waals surface area (Å²) in [7, 11) is 5.93. The molecule has 82 heavy (non-hydrogen) atoms. The number of esters is 2. The summed E-state index contributed by atoms with van der Waals surface area (Å²) < 4.78 is 22.8. The van der Waals surface area contributed by atoms with Crippen molar-refractivity contribution in [3.8, 4) is 0 Å². The Balaban J connectivity index is 3.95. The zero-order chi connectivity index (χ0) is 59.8.